The van der Waals surface area contributed by atoms with Crippen LogP contribution in [0.2, 0.25) is 0 Å². The van der Waals surface area contributed by atoms with Crippen molar-refractivity contribution < 1.29 is 0 Å². The fraction of sp³-hybridized carbons (Fsp3) is 1.00. The van der Waals surface area contributed by atoms with Crippen molar-refractivity contribution in [3.05, 3.63) is 0 Å². The average Bonchev–Trinajstić information content (AvgIpc) is 2.30. The van der Waals surface area contributed by atoms with Crippen molar-refractivity contribution in [1.82, 2.24) is 5.32 Å². The Kier molecular flexibility index (Phi) is 3.86. The molecule has 14 heavy (non-hydrogen) atoms. The van der Waals surface area contributed by atoms with Crippen molar-refractivity contribution in [3.8, 4) is 0 Å². The Balaban J connectivity index is 1.91. The molecular weight excluding hydrogens is 170 g/mol. The molecule has 0 unspecified atom stereocenters. The quantitative estimate of drug-likeness (QED) is 0.712. The SMILES string of the molecule is CN[C@@H]1CCCC[C@@H]1C1CCCCC1. The van der Waals surface area contributed by atoms with Crippen LogP contribution in [0.1, 0.15) is 57.8 Å². The largest absolute Gasteiger partial charge is 0.317 e. The Bertz CT molecular complexity index is 161. The molecule has 0 radical (unpaired) electrons. The van der Waals surface area contributed by atoms with Gasteiger partial charge in [-0.05, 0) is 31.7 Å². The molecule has 2 rings (SSSR count). The van der Waals surface area contributed by atoms with E-state index in [0.717, 1.165) is 17.9 Å². The summed E-state index contributed by atoms with van der Waals surface area (Å²) in [5.74, 6) is 2.07. The molecule has 0 spiro atoms. The van der Waals surface area contributed by atoms with E-state index in [-0.39, 0.29) is 0 Å². The first-order valence-corrected chi connectivity index (χ1v) is 6.59. The van der Waals surface area contributed by atoms with Gasteiger partial charge in [-0.25, -0.2) is 0 Å². The van der Waals surface area contributed by atoms with Crippen LogP contribution in [0.25, 0.3) is 0 Å². The van der Waals surface area contributed by atoms with Crippen LogP contribution in [0.4, 0.5) is 0 Å². The van der Waals surface area contributed by atoms with Crippen molar-refractivity contribution in [3.63, 3.8) is 0 Å². The third kappa shape index (κ3) is 2.31. The summed E-state index contributed by atoms with van der Waals surface area (Å²) in [6.45, 7) is 0. The number of rotatable bonds is 2. The Morgan fingerprint density at radius 2 is 1.43 bits per heavy atom. The van der Waals surface area contributed by atoms with Gasteiger partial charge in [-0.3, -0.25) is 0 Å². The molecule has 1 nitrogen and oxygen atoms in total. The maximum atomic E-state index is 3.55. The molecule has 0 bridgehead atoms. The minimum absolute atomic E-state index is 0.840. The number of hydrogen-bond acceptors (Lipinski definition) is 1. The van der Waals surface area contributed by atoms with E-state index >= 15 is 0 Å². The van der Waals surface area contributed by atoms with Crippen molar-refractivity contribution >= 4 is 0 Å². The molecule has 2 aliphatic rings. The zero-order valence-corrected chi connectivity index (χ0v) is 9.60. The third-order valence-electron chi connectivity index (χ3n) is 4.45. The van der Waals surface area contributed by atoms with Gasteiger partial charge in [0.1, 0.15) is 0 Å². The summed E-state index contributed by atoms with van der Waals surface area (Å²) < 4.78 is 0. The summed E-state index contributed by atoms with van der Waals surface area (Å²) in [4.78, 5) is 0. The molecule has 2 aliphatic carbocycles. The molecule has 0 aliphatic heterocycles. The zero-order valence-electron chi connectivity index (χ0n) is 9.60. The molecule has 0 saturated heterocycles. The second kappa shape index (κ2) is 5.16. The van der Waals surface area contributed by atoms with Gasteiger partial charge in [0.05, 0.1) is 0 Å². The van der Waals surface area contributed by atoms with Crippen LogP contribution in [-0.2, 0) is 0 Å². The van der Waals surface area contributed by atoms with Gasteiger partial charge in [0.15, 0.2) is 0 Å². The van der Waals surface area contributed by atoms with Crippen LogP contribution in [0, 0.1) is 11.8 Å². The van der Waals surface area contributed by atoms with Crippen LogP contribution in [0.3, 0.4) is 0 Å². The van der Waals surface area contributed by atoms with Crippen LogP contribution in [0.5, 0.6) is 0 Å². The fourth-order valence-electron chi connectivity index (χ4n) is 3.64. The molecule has 2 saturated carbocycles. The van der Waals surface area contributed by atoms with E-state index in [1.54, 1.807) is 0 Å². The highest BCUT2D eigenvalue weighted by Gasteiger charge is 2.31. The fourth-order valence-corrected chi connectivity index (χ4v) is 3.64. The van der Waals surface area contributed by atoms with Crippen molar-refractivity contribution in [1.29, 1.82) is 0 Å². The van der Waals surface area contributed by atoms with E-state index in [2.05, 4.69) is 12.4 Å². The van der Waals surface area contributed by atoms with Crippen LogP contribution < -0.4 is 5.32 Å². The predicted octanol–water partition coefficient (Wildman–Crippen LogP) is 3.34. The molecule has 2 atom stereocenters. The van der Waals surface area contributed by atoms with Gasteiger partial charge in [-0.15, -0.1) is 0 Å². The lowest BCUT2D eigenvalue weighted by molar-refractivity contribution is 0.155. The summed E-state index contributed by atoms with van der Waals surface area (Å²) in [5.41, 5.74) is 0. The van der Waals surface area contributed by atoms with Crippen molar-refractivity contribution in [2.24, 2.45) is 11.8 Å². The molecule has 0 aromatic carbocycles. The smallest absolute Gasteiger partial charge is 0.00949 e. The lowest BCUT2D eigenvalue weighted by atomic mass is 9.71. The van der Waals surface area contributed by atoms with Crippen molar-refractivity contribution in [2.75, 3.05) is 7.05 Å². The van der Waals surface area contributed by atoms with Gasteiger partial charge in [0.25, 0.3) is 0 Å². The maximum absolute atomic E-state index is 3.55. The average molecular weight is 195 g/mol. The Hall–Kier alpha value is -0.0400. The maximum Gasteiger partial charge on any atom is 0.00949 e. The summed E-state index contributed by atoms with van der Waals surface area (Å²) in [6.07, 6.45) is 13.4. The molecule has 1 N–H and O–H groups in total. The van der Waals surface area contributed by atoms with E-state index in [4.69, 9.17) is 0 Å². The monoisotopic (exact) mass is 195 g/mol. The Labute approximate surface area is 88.7 Å². The Morgan fingerprint density at radius 3 is 2.14 bits per heavy atom. The standard InChI is InChI=1S/C13H25N/c1-14-13-10-6-5-9-12(13)11-7-3-2-4-8-11/h11-14H,2-10H2,1H3/t12-,13-/m1/s1. The minimum atomic E-state index is 0.840. The van der Waals surface area contributed by atoms with E-state index in [1.807, 2.05) is 0 Å². The minimum Gasteiger partial charge on any atom is -0.317 e. The van der Waals surface area contributed by atoms with Gasteiger partial charge in [-0.2, -0.15) is 0 Å². The Morgan fingerprint density at radius 1 is 0.786 bits per heavy atom. The summed E-state index contributed by atoms with van der Waals surface area (Å²) in [5, 5.41) is 3.55. The molecule has 0 aromatic rings. The molecule has 82 valence electrons. The summed E-state index contributed by atoms with van der Waals surface area (Å²) >= 11 is 0. The molecule has 1 heteroatoms. The highest BCUT2D eigenvalue weighted by molar-refractivity contribution is 4.85. The van der Waals surface area contributed by atoms with Gasteiger partial charge in [0.2, 0.25) is 0 Å². The molecular formula is C13H25N. The first-order chi connectivity index (χ1) is 6.92. The predicted molar refractivity (Wildman–Crippen MR) is 61.4 cm³/mol. The molecule has 0 amide bonds. The topological polar surface area (TPSA) is 12.0 Å². The van der Waals surface area contributed by atoms with Crippen LogP contribution in [0.15, 0.2) is 0 Å². The molecule has 0 heterocycles. The van der Waals surface area contributed by atoms with Gasteiger partial charge in [-0.1, -0.05) is 44.9 Å². The summed E-state index contributed by atoms with van der Waals surface area (Å²) in [6, 6.07) is 0.840. The lowest BCUT2D eigenvalue weighted by Gasteiger charge is -2.38. The lowest BCUT2D eigenvalue weighted by Crippen LogP contribution is -2.40. The second-order valence-electron chi connectivity index (χ2n) is 5.24. The highest BCUT2D eigenvalue weighted by Crippen LogP contribution is 2.38. The van der Waals surface area contributed by atoms with Gasteiger partial charge < -0.3 is 5.32 Å². The first-order valence-electron chi connectivity index (χ1n) is 6.59. The molecule has 2 fully saturated rings. The van der Waals surface area contributed by atoms with Crippen LogP contribution >= 0.6 is 0 Å². The zero-order chi connectivity index (χ0) is 9.80. The van der Waals surface area contributed by atoms with Gasteiger partial charge in [0, 0.05) is 6.04 Å². The number of hydrogen-bond donors (Lipinski definition) is 1. The van der Waals surface area contributed by atoms with Crippen LogP contribution in [-0.4, -0.2) is 13.1 Å². The number of nitrogens with one attached hydrogen (secondary N) is 1. The first kappa shape index (κ1) is 10.5. The van der Waals surface area contributed by atoms with E-state index in [0.29, 0.717) is 0 Å². The summed E-state index contributed by atoms with van der Waals surface area (Å²) in [7, 11) is 2.16. The van der Waals surface area contributed by atoms with Gasteiger partial charge >= 0.3 is 0 Å². The second-order valence-corrected chi connectivity index (χ2v) is 5.24. The normalized spacial score (nSPS) is 35.8. The molecule has 0 aromatic heterocycles. The third-order valence-corrected chi connectivity index (χ3v) is 4.45. The highest BCUT2D eigenvalue weighted by atomic mass is 14.9. The van der Waals surface area contributed by atoms with E-state index < -0.39 is 0 Å². The van der Waals surface area contributed by atoms with E-state index in [1.165, 1.54) is 57.8 Å². The van der Waals surface area contributed by atoms with Crippen molar-refractivity contribution in [2.45, 2.75) is 63.8 Å². The van der Waals surface area contributed by atoms with E-state index in [9.17, 15) is 0 Å².